The first kappa shape index (κ1) is 36.1. The van der Waals surface area contributed by atoms with Crippen LogP contribution in [0.2, 0.25) is 0 Å². The zero-order valence-corrected chi connectivity index (χ0v) is 25.6. The molecule has 0 unspecified atom stereocenters. The van der Waals surface area contributed by atoms with Gasteiger partial charge in [0.1, 0.15) is 6.61 Å². The maximum absolute atomic E-state index is 11.2. The molecule has 1 fully saturated rings. The first-order valence-electron chi connectivity index (χ1n) is 11.0. The van der Waals surface area contributed by atoms with Crippen LogP contribution in [0.25, 0.3) is 0 Å². The largest absolute Gasteiger partial charge is 0.577 e. The van der Waals surface area contributed by atoms with Gasteiger partial charge in [-0.1, -0.05) is 60.7 Å². The van der Waals surface area contributed by atoms with Gasteiger partial charge in [0.15, 0.2) is 0 Å². The first-order valence-corrected chi connectivity index (χ1v) is 10.4. The van der Waals surface area contributed by atoms with Crippen LogP contribution in [0.4, 0.5) is 9.59 Å². The fraction of sp³-hybridized carbons (Fsp3) is 0.375. The zero-order chi connectivity index (χ0) is 26.2. The second-order valence-electron chi connectivity index (χ2n) is 6.51. The van der Waals surface area contributed by atoms with E-state index >= 15 is 0 Å². The normalized spacial score (nSPS) is 10.9. The molecule has 12 heteroatoms. The van der Waals surface area contributed by atoms with Gasteiger partial charge >= 0.3 is 18.3 Å². The molecule has 2 aromatic carbocycles. The van der Waals surface area contributed by atoms with Gasteiger partial charge in [-0.05, 0) is 12.5 Å². The van der Waals surface area contributed by atoms with E-state index in [1.165, 1.54) is 6.92 Å². The van der Waals surface area contributed by atoms with Crippen molar-refractivity contribution >= 4 is 36.6 Å². The molecule has 1 N–H and O–H groups in total. The van der Waals surface area contributed by atoms with Gasteiger partial charge in [0, 0.05) is 59.3 Å². The van der Waals surface area contributed by atoms with E-state index in [0.717, 1.165) is 17.5 Å². The number of hydrogen-bond acceptors (Lipinski definition) is 9. The second-order valence-corrected chi connectivity index (χ2v) is 6.51. The smallest absolute Gasteiger partial charge is 0.508 e. The summed E-state index contributed by atoms with van der Waals surface area (Å²) in [6.07, 6.45) is 0.0269. The average molecular weight is 746 g/mol. The van der Waals surface area contributed by atoms with Crippen LogP contribution in [-0.2, 0) is 41.7 Å². The molecule has 1 aliphatic rings. The van der Waals surface area contributed by atoms with E-state index in [2.05, 4.69) is 22.6 Å². The standard InChI is InChI=1S/C13H16O5.C7H8O.C4H6O3.BH.H2P.U/c1-11(14)16-8-5-9-17-13(15)18-10-12-6-3-2-4-7-12;8-6-7-4-2-1-3-5-7;5-4-6-2-1-3-7-4;;;/h2-4,6-7H,5,8-10H2,1H3;1-5,8H,6H2;1-3H2;1H;1H2;/q;;;;-1;/i;;;1D;;. The Labute approximate surface area is 242 Å². The molecule has 36 heavy (non-hydrogen) atoms. The van der Waals surface area contributed by atoms with E-state index in [0.29, 0.717) is 19.6 Å². The van der Waals surface area contributed by atoms with Gasteiger partial charge in [-0.2, -0.15) is 0 Å². The van der Waals surface area contributed by atoms with Gasteiger partial charge in [0.2, 0.25) is 0 Å². The molecule has 1 aliphatic heterocycles. The summed E-state index contributed by atoms with van der Waals surface area (Å²) in [5.41, 5.74) is 1.86. The summed E-state index contributed by atoms with van der Waals surface area (Å²) >= 11 is 0. The third-order valence-corrected chi connectivity index (χ3v) is 3.77. The maximum atomic E-state index is 11.2. The maximum Gasteiger partial charge on any atom is 0.508 e. The number of carbonyl (C=O) groups is 3. The summed E-state index contributed by atoms with van der Waals surface area (Å²) in [6, 6.07) is 18.8. The quantitative estimate of drug-likeness (QED) is 0.149. The third-order valence-electron chi connectivity index (χ3n) is 3.77. The van der Waals surface area contributed by atoms with Crippen LogP contribution < -0.4 is 0 Å². The number of rotatable bonds is 7. The number of ether oxygens (including phenoxy) is 5. The van der Waals surface area contributed by atoms with Crippen molar-refractivity contribution in [3.63, 3.8) is 0 Å². The van der Waals surface area contributed by atoms with E-state index in [-0.39, 0.29) is 73.4 Å². The van der Waals surface area contributed by atoms with Crippen LogP contribution in [-0.4, -0.2) is 59.5 Å². The van der Waals surface area contributed by atoms with Crippen molar-refractivity contribution in [3.8, 4) is 0 Å². The Balaban J connectivity index is -0.000000505. The average Bonchev–Trinajstić information content (AvgIpc) is 2.90. The van der Waals surface area contributed by atoms with Crippen molar-refractivity contribution < 1.29 is 74.3 Å². The number of aliphatic hydroxyl groups is 1. The predicted molar refractivity (Wildman–Crippen MR) is 135 cm³/mol. The minimum absolute atomic E-state index is 0. The first-order chi connectivity index (χ1) is 17.0. The summed E-state index contributed by atoms with van der Waals surface area (Å²) in [4.78, 5) is 31.6. The Bertz CT molecular complexity index is 812. The Morgan fingerprint density at radius 2 is 1.42 bits per heavy atom. The Hall–Kier alpha value is -2.04. The van der Waals surface area contributed by atoms with E-state index in [1.807, 2.05) is 60.7 Å². The summed E-state index contributed by atoms with van der Waals surface area (Å²) in [5.74, 6) is -0.346. The van der Waals surface area contributed by atoms with Crippen molar-refractivity contribution in [1.82, 2.24) is 0 Å². The molecule has 2 aromatic rings. The predicted octanol–water partition coefficient (Wildman–Crippen LogP) is 3.69. The van der Waals surface area contributed by atoms with E-state index in [1.54, 1.807) is 0 Å². The van der Waals surface area contributed by atoms with Crippen LogP contribution >= 0.6 is 9.90 Å². The molecule has 0 amide bonds. The van der Waals surface area contributed by atoms with E-state index in [9.17, 15) is 14.4 Å². The summed E-state index contributed by atoms with van der Waals surface area (Å²) in [6.45, 7) is 3.08. The van der Waals surface area contributed by atoms with Gasteiger partial charge in [-0.25, -0.2) is 9.59 Å². The number of cyclic esters (lactones) is 2. The van der Waals surface area contributed by atoms with Crippen molar-refractivity contribution in [3.05, 3.63) is 71.8 Å². The summed E-state index contributed by atoms with van der Waals surface area (Å²) in [7, 11) is 3.75. The molecule has 3 rings (SSSR count). The van der Waals surface area contributed by atoms with Crippen LogP contribution in [0.5, 0.6) is 0 Å². The molecule has 9 nitrogen and oxygen atoms in total. The fourth-order valence-electron chi connectivity index (χ4n) is 2.18. The molecule has 1 heterocycles. The number of benzene rings is 2. The summed E-state index contributed by atoms with van der Waals surface area (Å²) < 4.78 is 28.4. The van der Waals surface area contributed by atoms with Gasteiger partial charge in [0.25, 0.3) is 0 Å². The van der Waals surface area contributed by atoms with Gasteiger partial charge in [0.05, 0.1) is 33.0 Å². The van der Waals surface area contributed by atoms with E-state index in [4.69, 9.17) is 15.9 Å². The molecule has 1 saturated heterocycles. The van der Waals surface area contributed by atoms with Crippen molar-refractivity contribution in [1.29, 1.82) is 1.34 Å². The van der Waals surface area contributed by atoms with Crippen LogP contribution in [0.3, 0.4) is 0 Å². The van der Waals surface area contributed by atoms with Crippen LogP contribution in [0.1, 0.15) is 30.9 Å². The SMILES string of the molecule is CC(=O)OCCCOC(=O)OCc1ccccc1.O=C1OCCCO1.OCc1ccccc1.[2H][B].[PH2-].[U]. The topological polar surface area (TPSA) is 118 Å². The van der Waals surface area contributed by atoms with Crippen LogP contribution in [0.15, 0.2) is 60.7 Å². The van der Waals surface area contributed by atoms with Crippen molar-refractivity contribution in [2.75, 3.05) is 26.4 Å². The molecule has 0 spiro atoms. The summed E-state index contributed by atoms with van der Waals surface area (Å²) in [5, 5.41) is 8.54. The number of esters is 1. The van der Waals surface area contributed by atoms with Gasteiger partial charge < -0.3 is 38.7 Å². The Morgan fingerprint density at radius 3 is 1.83 bits per heavy atom. The Morgan fingerprint density at radius 1 is 0.917 bits per heavy atom. The zero-order valence-electron chi connectivity index (χ0n) is 21.3. The molecule has 0 aromatic heterocycles. The van der Waals surface area contributed by atoms with Crippen LogP contribution in [0, 0.1) is 31.1 Å². The molecular formula is C24H33BO9PU-. The fourth-order valence-corrected chi connectivity index (χ4v) is 2.18. The van der Waals surface area contributed by atoms with Gasteiger partial charge in [-0.3, -0.25) is 4.79 Å². The third kappa shape index (κ3) is 22.4. The molecule has 2 radical (unpaired) electrons. The molecule has 196 valence electrons. The minimum Gasteiger partial charge on any atom is -0.577 e. The molecule has 0 aliphatic carbocycles. The van der Waals surface area contributed by atoms with E-state index < -0.39 is 12.3 Å². The number of aliphatic hydroxyl groups excluding tert-OH is 1. The number of carbonyl (C=O) groups excluding carboxylic acids is 3. The minimum atomic E-state index is -0.721. The molecule has 0 bridgehead atoms. The monoisotopic (exact) mass is 746 g/mol. The Kier molecular flexibility index (Phi) is 26.1. The molecule has 0 atom stereocenters. The van der Waals surface area contributed by atoms with Crippen molar-refractivity contribution in [2.24, 2.45) is 0 Å². The molecule has 0 saturated carbocycles. The number of hydrogen-bond donors (Lipinski definition) is 1. The van der Waals surface area contributed by atoms with Crippen molar-refractivity contribution in [2.45, 2.75) is 33.0 Å². The second kappa shape index (κ2) is 26.0. The molecular weight excluding hydrogens is 712 g/mol. The van der Waals surface area contributed by atoms with Gasteiger partial charge in [-0.15, -0.1) is 0 Å².